The molecule has 2 aliphatic rings. The predicted molar refractivity (Wildman–Crippen MR) is 69.8 cm³/mol. The standard InChI is InChI=1S/C11H19IS/c1-2-7-3-8(6-12)9-5-11(13)10(9)4-7/h7-11,13H,2-6H2,1H3. The van der Waals surface area contributed by atoms with Crippen LogP contribution < -0.4 is 0 Å². The van der Waals surface area contributed by atoms with Gasteiger partial charge in [-0.3, -0.25) is 0 Å². The summed E-state index contributed by atoms with van der Waals surface area (Å²) in [7, 11) is 0. The van der Waals surface area contributed by atoms with E-state index in [9.17, 15) is 0 Å². The highest BCUT2D eigenvalue weighted by atomic mass is 127. The summed E-state index contributed by atoms with van der Waals surface area (Å²) in [6, 6.07) is 0. The molecule has 13 heavy (non-hydrogen) atoms. The molecule has 0 heterocycles. The maximum Gasteiger partial charge on any atom is 0.00507 e. The molecule has 2 heteroatoms. The van der Waals surface area contributed by atoms with Crippen molar-refractivity contribution in [1.29, 1.82) is 0 Å². The van der Waals surface area contributed by atoms with Crippen LogP contribution in [0.5, 0.6) is 0 Å². The van der Waals surface area contributed by atoms with E-state index in [2.05, 4.69) is 42.1 Å². The first-order valence-electron chi connectivity index (χ1n) is 5.50. The fraction of sp³-hybridized carbons (Fsp3) is 1.00. The van der Waals surface area contributed by atoms with Crippen molar-refractivity contribution in [2.75, 3.05) is 4.43 Å². The molecule has 0 radical (unpaired) electrons. The normalized spacial score (nSPS) is 49.6. The van der Waals surface area contributed by atoms with Crippen molar-refractivity contribution < 1.29 is 0 Å². The van der Waals surface area contributed by atoms with Gasteiger partial charge in [0.25, 0.3) is 0 Å². The van der Waals surface area contributed by atoms with Crippen LogP contribution in [0, 0.1) is 23.7 Å². The van der Waals surface area contributed by atoms with Crippen LogP contribution in [0.2, 0.25) is 0 Å². The average molecular weight is 310 g/mol. The Morgan fingerprint density at radius 1 is 1.23 bits per heavy atom. The van der Waals surface area contributed by atoms with Crippen molar-refractivity contribution in [1.82, 2.24) is 0 Å². The van der Waals surface area contributed by atoms with E-state index < -0.39 is 0 Å². The summed E-state index contributed by atoms with van der Waals surface area (Å²) < 4.78 is 1.37. The number of hydrogen-bond acceptors (Lipinski definition) is 1. The van der Waals surface area contributed by atoms with Crippen molar-refractivity contribution in [3.8, 4) is 0 Å². The van der Waals surface area contributed by atoms with Gasteiger partial charge in [0.15, 0.2) is 0 Å². The van der Waals surface area contributed by atoms with Crippen molar-refractivity contribution in [3.63, 3.8) is 0 Å². The summed E-state index contributed by atoms with van der Waals surface area (Å²) >= 11 is 7.24. The largest absolute Gasteiger partial charge is 0.176 e. The molecule has 0 aromatic heterocycles. The van der Waals surface area contributed by atoms with Crippen LogP contribution in [-0.4, -0.2) is 9.68 Å². The van der Waals surface area contributed by atoms with Crippen LogP contribution in [0.1, 0.15) is 32.6 Å². The predicted octanol–water partition coefficient (Wildman–Crippen LogP) is 3.79. The third kappa shape index (κ3) is 1.90. The first-order valence-corrected chi connectivity index (χ1v) is 7.54. The number of halogens is 1. The molecule has 0 aromatic carbocycles. The zero-order chi connectivity index (χ0) is 9.42. The number of thiol groups is 1. The molecule has 0 nitrogen and oxygen atoms in total. The van der Waals surface area contributed by atoms with Crippen LogP contribution in [0.25, 0.3) is 0 Å². The average Bonchev–Trinajstić information content (AvgIpc) is 2.16. The van der Waals surface area contributed by atoms with Crippen LogP contribution >= 0.6 is 35.2 Å². The maximum absolute atomic E-state index is 4.66. The first-order chi connectivity index (χ1) is 6.26. The van der Waals surface area contributed by atoms with Crippen LogP contribution in [0.4, 0.5) is 0 Å². The molecule has 0 N–H and O–H groups in total. The van der Waals surface area contributed by atoms with Crippen molar-refractivity contribution in [2.45, 2.75) is 37.9 Å². The number of fused-ring (bicyclic) bond motifs is 1. The van der Waals surface area contributed by atoms with Gasteiger partial charge in [-0.25, -0.2) is 0 Å². The maximum atomic E-state index is 4.66. The Morgan fingerprint density at radius 3 is 2.54 bits per heavy atom. The molecule has 5 unspecified atom stereocenters. The summed E-state index contributed by atoms with van der Waals surface area (Å²) in [4.78, 5) is 0. The van der Waals surface area contributed by atoms with E-state index in [0.29, 0.717) is 0 Å². The second kappa shape index (κ2) is 4.30. The minimum Gasteiger partial charge on any atom is -0.176 e. The highest BCUT2D eigenvalue weighted by Gasteiger charge is 2.46. The van der Waals surface area contributed by atoms with Gasteiger partial charge in [-0.05, 0) is 42.9 Å². The third-order valence-corrected chi connectivity index (χ3v) is 5.91. The molecule has 2 rings (SSSR count). The summed E-state index contributed by atoms with van der Waals surface area (Å²) in [5, 5.41) is 0.741. The molecule has 0 amide bonds. The Labute approximate surface area is 101 Å². The van der Waals surface area contributed by atoms with Gasteiger partial charge in [0.05, 0.1) is 0 Å². The first kappa shape index (κ1) is 10.6. The number of alkyl halides is 1. The Morgan fingerprint density at radius 2 is 2.00 bits per heavy atom. The molecule has 5 atom stereocenters. The molecule has 2 saturated carbocycles. The highest BCUT2D eigenvalue weighted by Crippen LogP contribution is 2.53. The molecule has 0 aliphatic heterocycles. The van der Waals surface area contributed by atoms with E-state index in [-0.39, 0.29) is 0 Å². The number of hydrogen-bond donors (Lipinski definition) is 1. The minimum atomic E-state index is 0.741. The lowest BCUT2D eigenvalue weighted by Crippen LogP contribution is -2.47. The second-order valence-electron chi connectivity index (χ2n) is 4.79. The molecule has 0 aromatic rings. The summed E-state index contributed by atoms with van der Waals surface area (Å²) in [6.07, 6.45) is 5.76. The fourth-order valence-electron chi connectivity index (χ4n) is 3.19. The van der Waals surface area contributed by atoms with Crippen LogP contribution in [0.3, 0.4) is 0 Å². The Hall–Kier alpha value is 1.08. The molecular weight excluding hydrogens is 291 g/mol. The third-order valence-electron chi connectivity index (χ3n) is 4.18. The van der Waals surface area contributed by atoms with Gasteiger partial charge in [0.1, 0.15) is 0 Å². The van der Waals surface area contributed by atoms with Gasteiger partial charge >= 0.3 is 0 Å². The molecule has 0 bridgehead atoms. The zero-order valence-corrected chi connectivity index (χ0v) is 11.3. The smallest absolute Gasteiger partial charge is 0.00507 e. The van der Waals surface area contributed by atoms with E-state index in [4.69, 9.17) is 0 Å². The summed E-state index contributed by atoms with van der Waals surface area (Å²) in [5.74, 6) is 4.05. The van der Waals surface area contributed by atoms with Gasteiger partial charge in [-0.1, -0.05) is 35.9 Å². The molecule has 0 spiro atoms. The van der Waals surface area contributed by atoms with Gasteiger partial charge in [0.2, 0.25) is 0 Å². The quantitative estimate of drug-likeness (QED) is 0.448. The van der Waals surface area contributed by atoms with Crippen molar-refractivity contribution >= 4 is 35.2 Å². The van der Waals surface area contributed by atoms with E-state index in [1.807, 2.05) is 0 Å². The van der Waals surface area contributed by atoms with Gasteiger partial charge in [-0.2, -0.15) is 12.6 Å². The SMILES string of the molecule is CCC1CC(CI)C2CC(S)C2C1. The van der Waals surface area contributed by atoms with Gasteiger partial charge < -0.3 is 0 Å². The summed E-state index contributed by atoms with van der Waals surface area (Å²) in [6.45, 7) is 2.35. The molecular formula is C11H19IS. The lowest BCUT2D eigenvalue weighted by molar-refractivity contribution is 0.0402. The molecule has 76 valence electrons. The lowest BCUT2D eigenvalue weighted by atomic mass is 9.57. The van der Waals surface area contributed by atoms with E-state index >= 15 is 0 Å². The lowest BCUT2D eigenvalue weighted by Gasteiger charge is -2.52. The number of rotatable bonds is 2. The van der Waals surface area contributed by atoms with Crippen molar-refractivity contribution in [2.24, 2.45) is 23.7 Å². The van der Waals surface area contributed by atoms with Crippen LogP contribution in [0.15, 0.2) is 0 Å². The topological polar surface area (TPSA) is 0 Å². The van der Waals surface area contributed by atoms with Gasteiger partial charge in [-0.15, -0.1) is 0 Å². The monoisotopic (exact) mass is 310 g/mol. The van der Waals surface area contributed by atoms with Gasteiger partial charge in [0, 0.05) is 9.68 Å². The minimum absolute atomic E-state index is 0.741. The Kier molecular flexibility index (Phi) is 3.50. The van der Waals surface area contributed by atoms with E-state index in [1.165, 1.54) is 30.1 Å². The van der Waals surface area contributed by atoms with Crippen molar-refractivity contribution in [3.05, 3.63) is 0 Å². The van der Waals surface area contributed by atoms with E-state index in [0.717, 1.165) is 28.9 Å². The summed E-state index contributed by atoms with van der Waals surface area (Å²) in [5.41, 5.74) is 0. The fourth-order valence-corrected chi connectivity index (χ4v) is 4.79. The van der Waals surface area contributed by atoms with Crippen LogP contribution in [-0.2, 0) is 0 Å². The molecule has 0 saturated heterocycles. The molecule has 2 aliphatic carbocycles. The Bertz CT molecular complexity index is 175. The van der Waals surface area contributed by atoms with E-state index in [1.54, 1.807) is 0 Å². The second-order valence-corrected chi connectivity index (χ2v) is 6.33. The Balaban J connectivity index is 1.99. The highest BCUT2D eigenvalue weighted by molar-refractivity contribution is 14.1. The molecule has 2 fully saturated rings. The zero-order valence-electron chi connectivity index (χ0n) is 8.25.